The third kappa shape index (κ3) is 4.07. The van der Waals surface area contributed by atoms with Crippen LogP contribution in [-0.4, -0.2) is 49.6 Å². The van der Waals surface area contributed by atoms with Gasteiger partial charge in [-0.15, -0.1) is 0 Å². The Morgan fingerprint density at radius 2 is 1.89 bits per heavy atom. The smallest absolute Gasteiger partial charge is 0.152 e. The van der Waals surface area contributed by atoms with Crippen molar-refractivity contribution in [1.29, 1.82) is 0 Å². The van der Waals surface area contributed by atoms with Crippen LogP contribution < -0.4 is 0 Å². The lowest BCUT2D eigenvalue weighted by molar-refractivity contribution is 0.118. The van der Waals surface area contributed by atoms with E-state index in [4.69, 9.17) is 23.2 Å². The molecule has 1 saturated heterocycles. The molecular weight excluding hydrogens is 309 g/mol. The molecule has 1 fully saturated rings. The Morgan fingerprint density at radius 3 is 2.47 bits per heavy atom. The minimum atomic E-state index is -2.90. The van der Waals surface area contributed by atoms with Gasteiger partial charge in [0.15, 0.2) is 9.84 Å². The van der Waals surface area contributed by atoms with Crippen LogP contribution in [0.1, 0.15) is 11.7 Å². The molecule has 1 aliphatic heterocycles. The van der Waals surface area contributed by atoms with E-state index in [-0.39, 0.29) is 11.5 Å². The van der Waals surface area contributed by atoms with Crippen LogP contribution >= 0.6 is 23.2 Å². The maximum atomic E-state index is 11.3. The van der Waals surface area contributed by atoms with E-state index in [2.05, 4.69) is 0 Å². The molecule has 0 aliphatic carbocycles. The number of aliphatic hydroxyl groups is 1. The van der Waals surface area contributed by atoms with Crippen LogP contribution in [0.4, 0.5) is 0 Å². The molecule has 7 heteroatoms. The Hall–Kier alpha value is -0.330. The predicted octanol–water partition coefficient (Wildman–Crippen LogP) is 1.76. The Balaban J connectivity index is 2.00. The zero-order valence-electron chi connectivity index (χ0n) is 10.2. The lowest BCUT2D eigenvalue weighted by Crippen LogP contribution is -2.42. The highest BCUT2D eigenvalue weighted by Gasteiger charge is 2.24. The van der Waals surface area contributed by atoms with E-state index in [1.165, 1.54) is 0 Å². The number of aliphatic hydroxyl groups excluding tert-OH is 1. The first-order valence-electron chi connectivity index (χ1n) is 5.93. The molecule has 0 saturated carbocycles. The van der Waals surface area contributed by atoms with Crippen molar-refractivity contribution in [3.05, 3.63) is 33.8 Å². The number of sulfone groups is 1. The highest BCUT2D eigenvalue weighted by molar-refractivity contribution is 7.91. The number of hydrogen-bond acceptors (Lipinski definition) is 4. The van der Waals surface area contributed by atoms with Gasteiger partial charge in [-0.2, -0.15) is 0 Å². The van der Waals surface area contributed by atoms with E-state index in [0.29, 0.717) is 35.2 Å². The van der Waals surface area contributed by atoms with Crippen LogP contribution in [0, 0.1) is 0 Å². The SMILES string of the molecule is O=S1(=O)CCN(CC(O)c2ccc(Cl)cc2Cl)CC1. The standard InChI is InChI=1S/C12H15Cl2NO3S/c13-9-1-2-10(11(14)7-9)12(16)8-15-3-5-19(17,18)6-4-15/h1-2,7,12,16H,3-6,8H2. The fourth-order valence-electron chi connectivity index (χ4n) is 2.05. The van der Waals surface area contributed by atoms with Crippen LogP contribution in [0.5, 0.6) is 0 Å². The zero-order valence-corrected chi connectivity index (χ0v) is 12.5. The summed E-state index contributed by atoms with van der Waals surface area (Å²) in [7, 11) is -2.90. The Labute approximate surface area is 122 Å². The summed E-state index contributed by atoms with van der Waals surface area (Å²) in [5, 5.41) is 11.1. The van der Waals surface area contributed by atoms with Gasteiger partial charge in [0, 0.05) is 35.2 Å². The van der Waals surface area contributed by atoms with E-state index >= 15 is 0 Å². The number of hydrogen-bond donors (Lipinski definition) is 1. The van der Waals surface area contributed by atoms with E-state index < -0.39 is 15.9 Å². The van der Waals surface area contributed by atoms with E-state index in [1.54, 1.807) is 18.2 Å². The van der Waals surface area contributed by atoms with Crippen molar-refractivity contribution in [3.63, 3.8) is 0 Å². The zero-order chi connectivity index (χ0) is 14.0. The normalized spacial score (nSPS) is 21.2. The fourth-order valence-corrected chi connectivity index (χ4v) is 3.86. The van der Waals surface area contributed by atoms with Crippen LogP contribution in [0.15, 0.2) is 18.2 Å². The molecule has 1 aromatic rings. The van der Waals surface area contributed by atoms with Gasteiger partial charge < -0.3 is 5.11 Å². The van der Waals surface area contributed by atoms with Crippen molar-refractivity contribution in [1.82, 2.24) is 4.90 Å². The molecule has 0 spiro atoms. The number of benzene rings is 1. The Bertz CT molecular complexity index is 548. The quantitative estimate of drug-likeness (QED) is 0.920. The van der Waals surface area contributed by atoms with Gasteiger partial charge in [-0.3, -0.25) is 4.90 Å². The molecule has 2 rings (SSSR count). The second-order valence-corrected chi connectivity index (χ2v) is 7.78. The number of rotatable bonds is 3. The summed E-state index contributed by atoms with van der Waals surface area (Å²) in [5.74, 6) is 0.294. The van der Waals surface area contributed by atoms with Gasteiger partial charge in [0.05, 0.1) is 17.6 Å². The van der Waals surface area contributed by atoms with Crippen molar-refractivity contribution in [2.45, 2.75) is 6.10 Å². The lowest BCUT2D eigenvalue weighted by atomic mass is 10.1. The molecule has 1 heterocycles. The monoisotopic (exact) mass is 323 g/mol. The first-order valence-corrected chi connectivity index (χ1v) is 8.51. The third-order valence-electron chi connectivity index (χ3n) is 3.19. The molecule has 1 atom stereocenters. The van der Waals surface area contributed by atoms with Crippen molar-refractivity contribution in [2.24, 2.45) is 0 Å². The van der Waals surface area contributed by atoms with Gasteiger partial charge in [-0.1, -0.05) is 29.3 Å². The fraction of sp³-hybridized carbons (Fsp3) is 0.500. The van der Waals surface area contributed by atoms with Crippen LogP contribution in [0.3, 0.4) is 0 Å². The maximum Gasteiger partial charge on any atom is 0.152 e. The molecule has 0 bridgehead atoms. The summed E-state index contributed by atoms with van der Waals surface area (Å²) in [6.45, 7) is 1.27. The van der Waals surface area contributed by atoms with Crippen LogP contribution in [0.25, 0.3) is 0 Å². The first-order chi connectivity index (χ1) is 8.87. The molecule has 19 heavy (non-hydrogen) atoms. The molecule has 0 radical (unpaired) electrons. The van der Waals surface area contributed by atoms with E-state index in [9.17, 15) is 13.5 Å². The van der Waals surface area contributed by atoms with Crippen LogP contribution in [-0.2, 0) is 9.84 Å². The minimum Gasteiger partial charge on any atom is -0.387 e. The summed E-state index contributed by atoms with van der Waals surface area (Å²) in [6, 6.07) is 4.95. The summed E-state index contributed by atoms with van der Waals surface area (Å²) in [5.41, 5.74) is 0.611. The van der Waals surface area contributed by atoms with Crippen molar-refractivity contribution < 1.29 is 13.5 Å². The molecule has 0 aromatic heterocycles. The summed E-state index contributed by atoms with van der Waals surface area (Å²) < 4.78 is 22.6. The Morgan fingerprint density at radius 1 is 1.26 bits per heavy atom. The minimum absolute atomic E-state index is 0.147. The molecule has 106 valence electrons. The largest absolute Gasteiger partial charge is 0.387 e. The van der Waals surface area contributed by atoms with Gasteiger partial charge in [0.25, 0.3) is 0 Å². The molecule has 4 nitrogen and oxygen atoms in total. The van der Waals surface area contributed by atoms with Gasteiger partial charge in [0.1, 0.15) is 0 Å². The molecule has 1 N–H and O–H groups in total. The second-order valence-electron chi connectivity index (χ2n) is 4.63. The molecule has 0 amide bonds. The van der Waals surface area contributed by atoms with Crippen molar-refractivity contribution >= 4 is 33.0 Å². The number of β-amino-alcohol motifs (C(OH)–C–C–N with tert-alkyl or cyclic N) is 1. The number of halogens is 2. The van der Waals surface area contributed by atoms with Crippen molar-refractivity contribution in [2.75, 3.05) is 31.1 Å². The topological polar surface area (TPSA) is 57.6 Å². The second kappa shape index (κ2) is 5.97. The Kier molecular flexibility index (Phi) is 4.74. The lowest BCUT2D eigenvalue weighted by Gasteiger charge is -2.28. The van der Waals surface area contributed by atoms with E-state index in [1.807, 2.05) is 4.90 Å². The van der Waals surface area contributed by atoms with E-state index in [0.717, 1.165) is 0 Å². The van der Waals surface area contributed by atoms with Gasteiger partial charge in [0.2, 0.25) is 0 Å². The maximum absolute atomic E-state index is 11.3. The van der Waals surface area contributed by atoms with Gasteiger partial charge in [-0.05, 0) is 12.1 Å². The van der Waals surface area contributed by atoms with Crippen LogP contribution in [0.2, 0.25) is 10.0 Å². The summed E-state index contributed by atoms with van der Waals surface area (Å²) in [4.78, 5) is 1.93. The average Bonchev–Trinajstić information content (AvgIpc) is 2.31. The van der Waals surface area contributed by atoms with Gasteiger partial charge >= 0.3 is 0 Å². The molecular formula is C12H15Cl2NO3S. The summed E-state index contributed by atoms with van der Waals surface area (Å²) >= 11 is 11.8. The first kappa shape index (κ1) is 15.1. The molecule has 1 aliphatic rings. The predicted molar refractivity (Wildman–Crippen MR) is 76.5 cm³/mol. The highest BCUT2D eigenvalue weighted by Crippen LogP contribution is 2.27. The number of nitrogens with zero attached hydrogens (tertiary/aromatic N) is 1. The molecule has 1 unspecified atom stereocenters. The third-order valence-corrected chi connectivity index (χ3v) is 5.36. The highest BCUT2D eigenvalue weighted by atomic mass is 35.5. The average molecular weight is 324 g/mol. The van der Waals surface area contributed by atoms with Gasteiger partial charge in [-0.25, -0.2) is 8.42 Å². The summed E-state index contributed by atoms with van der Waals surface area (Å²) in [6.07, 6.45) is -0.745. The molecule has 1 aromatic carbocycles. The van der Waals surface area contributed by atoms with Crippen molar-refractivity contribution in [3.8, 4) is 0 Å².